The van der Waals surface area contributed by atoms with Gasteiger partial charge in [0.2, 0.25) is 0 Å². The van der Waals surface area contributed by atoms with Crippen molar-refractivity contribution in [2.24, 2.45) is 0 Å². The van der Waals surface area contributed by atoms with E-state index in [1.165, 1.54) is 0 Å². The molecule has 0 amide bonds. The molecule has 0 aliphatic rings. The van der Waals surface area contributed by atoms with Gasteiger partial charge in [-0.1, -0.05) is 24.3 Å². The number of para-hydroxylation sites is 1. The minimum absolute atomic E-state index is 0.636. The lowest BCUT2D eigenvalue weighted by Gasteiger charge is -2.26. The van der Waals surface area contributed by atoms with Crippen molar-refractivity contribution < 1.29 is 14.2 Å². The van der Waals surface area contributed by atoms with Crippen LogP contribution in [-0.4, -0.2) is 19.2 Å². The average molecular weight is 412 g/mol. The molecule has 4 rings (SSSR count). The van der Waals surface area contributed by atoms with Gasteiger partial charge in [-0.05, 0) is 60.2 Å². The molecule has 0 atom stereocenters. The molecule has 0 spiro atoms. The molecule has 0 aliphatic heterocycles. The molecule has 5 nitrogen and oxygen atoms in total. The molecule has 0 radical (unpaired) electrons. The van der Waals surface area contributed by atoms with Crippen LogP contribution in [0.5, 0.6) is 23.0 Å². The van der Waals surface area contributed by atoms with Crippen molar-refractivity contribution in [2.75, 3.05) is 19.1 Å². The summed E-state index contributed by atoms with van der Waals surface area (Å²) in [7, 11) is 3.28. The first-order chi connectivity index (χ1) is 15.3. The first-order valence-electron chi connectivity index (χ1n) is 9.98. The molecule has 3 aromatic carbocycles. The van der Waals surface area contributed by atoms with Crippen LogP contribution in [0.3, 0.4) is 0 Å². The van der Waals surface area contributed by atoms with Crippen molar-refractivity contribution in [1.29, 1.82) is 0 Å². The normalized spacial score (nSPS) is 10.4. The molecule has 156 valence electrons. The highest BCUT2D eigenvalue weighted by Crippen LogP contribution is 2.38. The van der Waals surface area contributed by atoms with Gasteiger partial charge in [-0.2, -0.15) is 0 Å². The fourth-order valence-electron chi connectivity index (χ4n) is 3.30. The van der Waals surface area contributed by atoms with E-state index in [2.05, 4.69) is 28.1 Å². The lowest BCUT2D eigenvalue weighted by atomic mass is 10.2. The van der Waals surface area contributed by atoms with Crippen molar-refractivity contribution in [2.45, 2.75) is 6.54 Å². The number of benzene rings is 3. The second-order valence-corrected chi connectivity index (χ2v) is 6.90. The van der Waals surface area contributed by atoms with Crippen LogP contribution in [0.15, 0.2) is 97.3 Å². The Labute approximate surface area is 182 Å². The van der Waals surface area contributed by atoms with Crippen LogP contribution >= 0.6 is 0 Å². The van der Waals surface area contributed by atoms with Crippen molar-refractivity contribution in [3.05, 3.63) is 103 Å². The molecule has 4 aromatic rings. The summed E-state index contributed by atoms with van der Waals surface area (Å²) in [5, 5.41) is 0. The maximum Gasteiger partial charge on any atom is 0.171 e. The molecule has 0 unspecified atom stereocenters. The number of anilines is 2. The maximum atomic E-state index is 6.16. The molecule has 0 saturated carbocycles. The lowest BCUT2D eigenvalue weighted by Crippen LogP contribution is -2.16. The number of methoxy groups -OCH3 is 2. The summed E-state index contributed by atoms with van der Waals surface area (Å²) in [6, 6.07) is 27.7. The second-order valence-electron chi connectivity index (χ2n) is 6.90. The zero-order chi connectivity index (χ0) is 21.5. The van der Waals surface area contributed by atoms with E-state index in [-0.39, 0.29) is 0 Å². The molecule has 31 heavy (non-hydrogen) atoms. The first-order valence-corrected chi connectivity index (χ1v) is 9.98. The fourth-order valence-corrected chi connectivity index (χ4v) is 3.30. The Morgan fingerprint density at radius 3 is 2.16 bits per heavy atom. The summed E-state index contributed by atoms with van der Waals surface area (Å²) in [6.07, 6.45) is 3.67. The summed E-state index contributed by atoms with van der Waals surface area (Å²) >= 11 is 0. The Morgan fingerprint density at radius 1 is 0.710 bits per heavy atom. The van der Waals surface area contributed by atoms with E-state index in [9.17, 15) is 0 Å². The third-order valence-electron chi connectivity index (χ3n) is 4.88. The van der Waals surface area contributed by atoms with Crippen LogP contribution < -0.4 is 19.1 Å². The van der Waals surface area contributed by atoms with E-state index in [0.29, 0.717) is 23.8 Å². The predicted molar refractivity (Wildman–Crippen MR) is 123 cm³/mol. The van der Waals surface area contributed by atoms with E-state index in [1.54, 1.807) is 20.4 Å². The molecule has 0 bridgehead atoms. The maximum absolute atomic E-state index is 6.16. The molecule has 0 aliphatic carbocycles. The van der Waals surface area contributed by atoms with Crippen molar-refractivity contribution in [3.63, 3.8) is 0 Å². The molecule has 5 heteroatoms. The fraction of sp³-hybridized carbons (Fsp3) is 0.115. The third-order valence-corrected chi connectivity index (χ3v) is 4.88. The van der Waals surface area contributed by atoms with Gasteiger partial charge in [0.25, 0.3) is 0 Å². The summed E-state index contributed by atoms with van der Waals surface area (Å²) in [4.78, 5) is 6.48. The number of rotatable bonds is 8. The number of nitrogens with zero attached hydrogens (tertiary/aromatic N) is 2. The minimum Gasteiger partial charge on any atom is -0.497 e. The molecular weight excluding hydrogens is 388 g/mol. The first kappa shape index (κ1) is 20.3. The number of ether oxygens (including phenoxy) is 3. The van der Waals surface area contributed by atoms with E-state index >= 15 is 0 Å². The number of aromatic nitrogens is 1. The largest absolute Gasteiger partial charge is 0.497 e. The monoisotopic (exact) mass is 412 g/mol. The summed E-state index contributed by atoms with van der Waals surface area (Å²) < 4.78 is 16.9. The Kier molecular flexibility index (Phi) is 6.33. The molecule has 1 aromatic heterocycles. The van der Waals surface area contributed by atoms with E-state index < -0.39 is 0 Å². The van der Waals surface area contributed by atoms with E-state index in [1.807, 2.05) is 72.9 Å². The van der Waals surface area contributed by atoms with Gasteiger partial charge in [-0.15, -0.1) is 0 Å². The summed E-state index contributed by atoms with van der Waals surface area (Å²) in [5.74, 6) is 2.78. The smallest absolute Gasteiger partial charge is 0.171 e. The minimum atomic E-state index is 0.636. The number of hydrogen-bond acceptors (Lipinski definition) is 5. The molecule has 0 N–H and O–H groups in total. The molecular formula is C26H24N2O3. The van der Waals surface area contributed by atoms with Crippen LogP contribution in [-0.2, 0) is 6.54 Å². The number of pyridine rings is 1. The van der Waals surface area contributed by atoms with Crippen LogP contribution in [0.2, 0.25) is 0 Å². The Morgan fingerprint density at radius 2 is 1.48 bits per heavy atom. The SMILES string of the molecule is COc1ccc(Oc2cc(N(Cc3cccnc3)c3ccccc3)ccc2OC)cc1. The molecule has 0 saturated heterocycles. The standard InChI is InChI=1S/C26H24N2O3/c1-29-23-11-13-24(14-12-23)31-26-17-22(10-15-25(26)30-2)28(21-8-4-3-5-9-21)19-20-7-6-16-27-18-20/h3-18H,19H2,1-2H3. The highest BCUT2D eigenvalue weighted by molar-refractivity contribution is 5.67. The van der Waals surface area contributed by atoms with Gasteiger partial charge in [-0.3, -0.25) is 4.98 Å². The van der Waals surface area contributed by atoms with Crippen LogP contribution in [0, 0.1) is 0 Å². The van der Waals surface area contributed by atoms with E-state index in [4.69, 9.17) is 14.2 Å². The Hall–Kier alpha value is -3.99. The highest BCUT2D eigenvalue weighted by Gasteiger charge is 2.15. The zero-order valence-corrected chi connectivity index (χ0v) is 17.6. The summed E-state index contributed by atoms with van der Waals surface area (Å²) in [5.41, 5.74) is 3.17. The predicted octanol–water partition coefficient (Wildman–Crippen LogP) is 6.23. The van der Waals surface area contributed by atoms with Gasteiger partial charge in [0.05, 0.1) is 14.2 Å². The van der Waals surface area contributed by atoms with Gasteiger partial charge in [-0.25, -0.2) is 0 Å². The van der Waals surface area contributed by atoms with Crippen LogP contribution in [0.1, 0.15) is 5.56 Å². The average Bonchev–Trinajstić information content (AvgIpc) is 2.84. The zero-order valence-electron chi connectivity index (χ0n) is 17.6. The Balaban J connectivity index is 1.70. The lowest BCUT2D eigenvalue weighted by molar-refractivity contribution is 0.378. The van der Waals surface area contributed by atoms with E-state index in [0.717, 1.165) is 22.7 Å². The molecule has 0 fully saturated rings. The second kappa shape index (κ2) is 9.67. The van der Waals surface area contributed by atoms with Gasteiger partial charge in [0.15, 0.2) is 11.5 Å². The third kappa shape index (κ3) is 4.95. The topological polar surface area (TPSA) is 43.8 Å². The quantitative estimate of drug-likeness (QED) is 0.343. The number of hydrogen-bond donors (Lipinski definition) is 0. The van der Waals surface area contributed by atoms with Gasteiger partial charge in [0.1, 0.15) is 11.5 Å². The van der Waals surface area contributed by atoms with Gasteiger partial charge in [0, 0.05) is 36.4 Å². The highest BCUT2D eigenvalue weighted by atomic mass is 16.5. The van der Waals surface area contributed by atoms with Gasteiger partial charge >= 0.3 is 0 Å². The van der Waals surface area contributed by atoms with Crippen molar-refractivity contribution in [3.8, 4) is 23.0 Å². The van der Waals surface area contributed by atoms with Crippen molar-refractivity contribution in [1.82, 2.24) is 4.98 Å². The van der Waals surface area contributed by atoms with Crippen LogP contribution in [0.4, 0.5) is 11.4 Å². The van der Waals surface area contributed by atoms with Crippen LogP contribution in [0.25, 0.3) is 0 Å². The summed E-state index contributed by atoms with van der Waals surface area (Å²) in [6.45, 7) is 0.673. The van der Waals surface area contributed by atoms with Crippen molar-refractivity contribution >= 4 is 11.4 Å². The Bertz CT molecular complexity index is 1100. The molecule has 1 heterocycles. The van der Waals surface area contributed by atoms with Gasteiger partial charge < -0.3 is 19.1 Å².